The first-order chi connectivity index (χ1) is 11.4. The van der Waals surface area contributed by atoms with Gasteiger partial charge in [-0.05, 0) is 44.0 Å². The molecule has 0 aliphatic rings. The standard InChI is InChI=1S/C18H21FN2O3/c1-4-14-8-13(10-17(22)21-14)18(23)20-11(3)12-6-7-16(24-5-2)15(19)9-12/h6-11H,4-5H2,1-3H3,(H,20,23)(H,21,22). The van der Waals surface area contributed by atoms with Crippen LogP contribution in [0.3, 0.4) is 0 Å². The van der Waals surface area contributed by atoms with E-state index in [1.165, 1.54) is 12.1 Å². The molecular weight excluding hydrogens is 311 g/mol. The van der Waals surface area contributed by atoms with Gasteiger partial charge in [-0.3, -0.25) is 9.59 Å². The summed E-state index contributed by atoms with van der Waals surface area (Å²) in [6.45, 7) is 5.80. The number of aromatic nitrogens is 1. The number of hydrogen-bond acceptors (Lipinski definition) is 3. The zero-order valence-electron chi connectivity index (χ0n) is 14.0. The van der Waals surface area contributed by atoms with Gasteiger partial charge in [0.25, 0.3) is 5.91 Å². The first-order valence-corrected chi connectivity index (χ1v) is 7.91. The SMILES string of the molecule is CCOc1ccc(C(C)NC(=O)c2cc(CC)[nH]c(=O)c2)cc1F. The molecule has 0 spiro atoms. The Labute approximate surface area is 139 Å². The minimum Gasteiger partial charge on any atom is -0.491 e. The van der Waals surface area contributed by atoms with E-state index in [-0.39, 0.29) is 22.8 Å². The van der Waals surface area contributed by atoms with E-state index < -0.39 is 11.9 Å². The lowest BCUT2D eigenvalue weighted by molar-refractivity contribution is 0.0939. The van der Waals surface area contributed by atoms with Crippen LogP contribution in [0.15, 0.2) is 35.1 Å². The number of benzene rings is 1. The van der Waals surface area contributed by atoms with Crippen LogP contribution in [0.4, 0.5) is 4.39 Å². The molecular formula is C18H21FN2O3. The van der Waals surface area contributed by atoms with Gasteiger partial charge in [-0.2, -0.15) is 0 Å². The first kappa shape index (κ1) is 17.7. The molecule has 1 heterocycles. The van der Waals surface area contributed by atoms with E-state index in [0.717, 1.165) is 0 Å². The Hall–Kier alpha value is -2.63. The predicted octanol–water partition coefficient (Wildman–Crippen LogP) is 2.97. The van der Waals surface area contributed by atoms with Crippen molar-refractivity contribution in [3.05, 3.63) is 63.3 Å². The summed E-state index contributed by atoms with van der Waals surface area (Å²) >= 11 is 0. The summed E-state index contributed by atoms with van der Waals surface area (Å²) < 4.78 is 19.1. The van der Waals surface area contributed by atoms with Gasteiger partial charge in [0.2, 0.25) is 5.56 Å². The Bertz CT molecular complexity index is 786. The zero-order chi connectivity index (χ0) is 17.7. The first-order valence-electron chi connectivity index (χ1n) is 7.91. The third-order valence-electron chi connectivity index (χ3n) is 3.65. The maximum atomic E-state index is 13.9. The normalized spacial score (nSPS) is 11.8. The lowest BCUT2D eigenvalue weighted by atomic mass is 10.1. The fourth-order valence-corrected chi connectivity index (χ4v) is 2.34. The molecule has 1 aromatic heterocycles. The second-order valence-electron chi connectivity index (χ2n) is 5.43. The molecule has 1 amide bonds. The molecule has 24 heavy (non-hydrogen) atoms. The molecule has 1 atom stereocenters. The quantitative estimate of drug-likeness (QED) is 0.854. The molecule has 1 aromatic carbocycles. The van der Waals surface area contributed by atoms with Crippen molar-refractivity contribution in [1.82, 2.24) is 10.3 Å². The Morgan fingerprint density at radius 3 is 2.67 bits per heavy atom. The van der Waals surface area contributed by atoms with Crippen LogP contribution < -0.4 is 15.6 Å². The van der Waals surface area contributed by atoms with Crippen LogP contribution >= 0.6 is 0 Å². The summed E-state index contributed by atoms with van der Waals surface area (Å²) in [5, 5.41) is 2.77. The van der Waals surface area contributed by atoms with Crippen molar-refractivity contribution in [1.29, 1.82) is 0 Å². The Morgan fingerprint density at radius 1 is 1.29 bits per heavy atom. The third kappa shape index (κ3) is 4.22. The average Bonchev–Trinajstić information content (AvgIpc) is 2.56. The average molecular weight is 332 g/mol. The van der Waals surface area contributed by atoms with Crippen molar-refractivity contribution in [3.63, 3.8) is 0 Å². The van der Waals surface area contributed by atoms with Gasteiger partial charge in [-0.1, -0.05) is 13.0 Å². The smallest absolute Gasteiger partial charge is 0.252 e. The summed E-state index contributed by atoms with van der Waals surface area (Å²) in [6.07, 6.45) is 0.621. The number of ether oxygens (including phenoxy) is 1. The van der Waals surface area contributed by atoms with E-state index in [1.807, 2.05) is 6.92 Å². The minimum atomic E-state index is -0.472. The van der Waals surface area contributed by atoms with Crippen molar-refractivity contribution < 1.29 is 13.9 Å². The summed E-state index contributed by atoms with van der Waals surface area (Å²) in [5.41, 5.74) is 1.27. The number of rotatable bonds is 6. The number of nitrogens with one attached hydrogen (secondary N) is 2. The molecule has 0 saturated carbocycles. The molecule has 2 aromatic rings. The lowest BCUT2D eigenvalue weighted by Crippen LogP contribution is -2.28. The van der Waals surface area contributed by atoms with Gasteiger partial charge in [0.15, 0.2) is 11.6 Å². The highest BCUT2D eigenvalue weighted by Crippen LogP contribution is 2.22. The summed E-state index contributed by atoms with van der Waals surface area (Å²) in [4.78, 5) is 26.6. The predicted molar refractivity (Wildman–Crippen MR) is 89.9 cm³/mol. The third-order valence-corrected chi connectivity index (χ3v) is 3.65. The van der Waals surface area contributed by atoms with Crippen LogP contribution in [0.25, 0.3) is 0 Å². The number of H-pyrrole nitrogens is 1. The molecule has 2 N–H and O–H groups in total. The summed E-state index contributed by atoms with van der Waals surface area (Å²) in [5.74, 6) is -0.667. The zero-order valence-corrected chi connectivity index (χ0v) is 14.0. The number of pyridine rings is 1. The maximum absolute atomic E-state index is 13.9. The molecule has 0 radical (unpaired) electrons. The second kappa shape index (κ2) is 7.77. The molecule has 0 bridgehead atoms. The van der Waals surface area contributed by atoms with Crippen molar-refractivity contribution in [3.8, 4) is 5.75 Å². The van der Waals surface area contributed by atoms with E-state index in [0.29, 0.717) is 24.3 Å². The van der Waals surface area contributed by atoms with Crippen LogP contribution in [0, 0.1) is 5.82 Å². The van der Waals surface area contributed by atoms with Gasteiger partial charge in [0.05, 0.1) is 12.6 Å². The van der Waals surface area contributed by atoms with E-state index in [2.05, 4.69) is 10.3 Å². The highest BCUT2D eigenvalue weighted by molar-refractivity contribution is 5.94. The van der Waals surface area contributed by atoms with Gasteiger partial charge in [-0.25, -0.2) is 4.39 Å². The number of carbonyl (C=O) groups excluding carboxylic acids is 1. The monoisotopic (exact) mass is 332 g/mol. The van der Waals surface area contributed by atoms with Crippen molar-refractivity contribution in [2.45, 2.75) is 33.2 Å². The molecule has 2 rings (SSSR count). The molecule has 1 unspecified atom stereocenters. The van der Waals surface area contributed by atoms with Crippen molar-refractivity contribution >= 4 is 5.91 Å². The topological polar surface area (TPSA) is 71.2 Å². The number of hydrogen-bond donors (Lipinski definition) is 2. The van der Waals surface area contributed by atoms with Crippen molar-refractivity contribution in [2.75, 3.05) is 6.61 Å². The summed E-state index contributed by atoms with van der Waals surface area (Å²) in [7, 11) is 0. The van der Waals surface area contributed by atoms with Crippen LogP contribution in [0.1, 0.15) is 48.4 Å². The second-order valence-corrected chi connectivity index (χ2v) is 5.43. The Kier molecular flexibility index (Phi) is 5.73. The lowest BCUT2D eigenvalue weighted by Gasteiger charge is -2.15. The van der Waals surface area contributed by atoms with Crippen LogP contribution in [-0.4, -0.2) is 17.5 Å². The number of amides is 1. The number of carbonyl (C=O) groups is 1. The molecule has 128 valence electrons. The fourth-order valence-electron chi connectivity index (χ4n) is 2.34. The largest absolute Gasteiger partial charge is 0.491 e. The van der Waals surface area contributed by atoms with Gasteiger partial charge >= 0.3 is 0 Å². The van der Waals surface area contributed by atoms with Crippen LogP contribution in [-0.2, 0) is 6.42 Å². The van der Waals surface area contributed by atoms with Gasteiger partial charge in [0.1, 0.15) is 0 Å². The van der Waals surface area contributed by atoms with Crippen LogP contribution in [0.2, 0.25) is 0 Å². The minimum absolute atomic E-state index is 0.182. The Morgan fingerprint density at radius 2 is 2.04 bits per heavy atom. The van der Waals surface area contributed by atoms with E-state index in [4.69, 9.17) is 4.74 Å². The van der Waals surface area contributed by atoms with E-state index in [1.54, 1.807) is 32.0 Å². The van der Waals surface area contributed by atoms with Gasteiger partial charge < -0.3 is 15.0 Å². The molecule has 0 aliphatic heterocycles. The molecule has 6 heteroatoms. The summed E-state index contributed by atoms with van der Waals surface area (Å²) in [6, 6.07) is 7.06. The van der Waals surface area contributed by atoms with Gasteiger partial charge in [0, 0.05) is 17.3 Å². The maximum Gasteiger partial charge on any atom is 0.252 e. The van der Waals surface area contributed by atoms with Gasteiger partial charge in [-0.15, -0.1) is 0 Å². The number of halogens is 1. The molecule has 0 saturated heterocycles. The number of aryl methyl sites for hydroxylation is 1. The highest BCUT2D eigenvalue weighted by Gasteiger charge is 2.14. The molecule has 0 aliphatic carbocycles. The van der Waals surface area contributed by atoms with Crippen molar-refractivity contribution in [2.24, 2.45) is 0 Å². The molecule has 5 nitrogen and oxygen atoms in total. The highest BCUT2D eigenvalue weighted by atomic mass is 19.1. The Balaban J connectivity index is 2.15. The number of aromatic amines is 1. The molecule has 0 fully saturated rings. The van der Waals surface area contributed by atoms with E-state index in [9.17, 15) is 14.0 Å². The fraction of sp³-hybridized carbons (Fsp3) is 0.333. The van der Waals surface area contributed by atoms with E-state index >= 15 is 0 Å². The van der Waals surface area contributed by atoms with Crippen LogP contribution in [0.5, 0.6) is 5.75 Å².